The van der Waals surface area contributed by atoms with E-state index in [9.17, 15) is 4.79 Å². The minimum absolute atomic E-state index is 0.372. The summed E-state index contributed by atoms with van der Waals surface area (Å²) in [6.45, 7) is 0.548. The van der Waals surface area contributed by atoms with Crippen LogP contribution in [0.5, 0.6) is 17.2 Å². The number of ether oxygens (including phenoxy) is 4. The van der Waals surface area contributed by atoms with Crippen molar-refractivity contribution >= 4 is 6.09 Å². The van der Waals surface area contributed by atoms with Gasteiger partial charge in [0.15, 0.2) is 0 Å². The lowest BCUT2D eigenvalue weighted by atomic mass is 9.87. The van der Waals surface area contributed by atoms with E-state index in [1.807, 2.05) is 18.2 Å². The Balaban J connectivity index is 2.25. The molecule has 0 saturated carbocycles. The topological polar surface area (TPSA) is 57.2 Å². The fraction of sp³-hybridized carbons (Fsp3) is 0.350. The van der Waals surface area contributed by atoms with E-state index in [-0.39, 0.29) is 12.1 Å². The zero-order valence-electron chi connectivity index (χ0n) is 15.4. The van der Waals surface area contributed by atoms with Gasteiger partial charge in [-0.05, 0) is 17.5 Å². The van der Waals surface area contributed by atoms with E-state index < -0.39 is 0 Å². The molecule has 1 unspecified atom stereocenters. The lowest BCUT2D eigenvalue weighted by molar-refractivity contribution is 0.108. The minimum atomic E-state index is -0.385. The predicted molar refractivity (Wildman–Crippen MR) is 97.2 cm³/mol. The Morgan fingerprint density at radius 2 is 1.65 bits per heavy atom. The number of carbonyl (C=O) groups is 1. The molecule has 0 spiro atoms. The van der Waals surface area contributed by atoms with Crippen molar-refractivity contribution in [3.63, 3.8) is 0 Å². The molecular weight excluding hydrogens is 334 g/mol. The number of hydrogen-bond donors (Lipinski definition) is 0. The fourth-order valence-electron chi connectivity index (χ4n) is 3.49. The zero-order chi connectivity index (χ0) is 18.7. The van der Waals surface area contributed by atoms with Crippen molar-refractivity contribution in [1.82, 2.24) is 4.90 Å². The van der Waals surface area contributed by atoms with Gasteiger partial charge in [0, 0.05) is 18.7 Å². The minimum Gasteiger partial charge on any atom is -0.496 e. The summed E-state index contributed by atoms with van der Waals surface area (Å²) in [6, 6.07) is 11.3. The molecule has 0 aliphatic carbocycles. The summed E-state index contributed by atoms with van der Waals surface area (Å²) in [5.74, 6) is 1.81. The highest BCUT2D eigenvalue weighted by Gasteiger charge is 2.36. The van der Waals surface area contributed by atoms with Crippen LogP contribution >= 0.6 is 0 Å². The molecule has 138 valence electrons. The molecule has 1 aliphatic rings. The lowest BCUT2D eigenvalue weighted by Gasteiger charge is -2.37. The Kier molecular flexibility index (Phi) is 5.21. The van der Waals surface area contributed by atoms with Crippen LogP contribution in [0.3, 0.4) is 0 Å². The van der Waals surface area contributed by atoms with Crippen LogP contribution in [-0.2, 0) is 11.2 Å². The first-order valence-corrected chi connectivity index (χ1v) is 8.36. The van der Waals surface area contributed by atoms with Crippen molar-refractivity contribution in [2.75, 3.05) is 35.0 Å². The molecule has 2 aromatic rings. The number of fused-ring (bicyclic) bond motifs is 1. The quantitative estimate of drug-likeness (QED) is 0.839. The number of nitrogens with zero attached hydrogens (tertiary/aromatic N) is 1. The van der Waals surface area contributed by atoms with Crippen molar-refractivity contribution in [3.05, 3.63) is 53.1 Å². The largest absolute Gasteiger partial charge is 0.496 e. The van der Waals surface area contributed by atoms with Gasteiger partial charge in [-0.3, -0.25) is 4.90 Å². The molecule has 0 radical (unpaired) electrons. The Bertz CT molecular complexity index is 780. The highest BCUT2D eigenvalue weighted by atomic mass is 16.5. The summed E-state index contributed by atoms with van der Waals surface area (Å²) in [5.41, 5.74) is 3.00. The van der Waals surface area contributed by atoms with Crippen molar-refractivity contribution < 1.29 is 23.7 Å². The molecule has 26 heavy (non-hydrogen) atoms. The van der Waals surface area contributed by atoms with Gasteiger partial charge in [0.05, 0.1) is 40.0 Å². The molecule has 0 aromatic heterocycles. The van der Waals surface area contributed by atoms with Crippen LogP contribution in [0.15, 0.2) is 36.4 Å². The van der Waals surface area contributed by atoms with E-state index in [4.69, 9.17) is 18.9 Å². The zero-order valence-corrected chi connectivity index (χ0v) is 15.4. The first-order chi connectivity index (χ1) is 12.6. The molecule has 0 N–H and O–H groups in total. The summed E-state index contributed by atoms with van der Waals surface area (Å²) in [5, 5.41) is 0. The number of amides is 1. The third kappa shape index (κ3) is 3.03. The van der Waals surface area contributed by atoms with Gasteiger partial charge in [0.2, 0.25) is 0 Å². The van der Waals surface area contributed by atoms with Crippen LogP contribution in [-0.4, -0.2) is 46.0 Å². The maximum Gasteiger partial charge on any atom is 0.410 e. The van der Waals surface area contributed by atoms with Gasteiger partial charge < -0.3 is 18.9 Å². The van der Waals surface area contributed by atoms with Gasteiger partial charge in [0.25, 0.3) is 0 Å². The van der Waals surface area contributed by atoms with Crippen LogP contribution < -0.4 is 14.2 Å². The van der Waals surface area contributed by atoms with Crippen molar-refractivity contribution in [1.29, 1.82) is 0 Å². The second-order valence-electron chi connectivity index (χ2n) is 5.96. The predicted octanol–water partition coefficient (Wildman–Crippen LogP) is 3.43. The Labute approximate surface area is 153 Å². The molecule has 1 amide bonds. The highest BCUT2D eigenvalue weighted by Crippen LogP contribution is 2.45. The number of benzene rings is 2. The van der Waals surface area contributed by atoms with Crippen molar-refractivity contribution in [3.8, 4) is 17.2 Å². The Morgan fingerprint density at radius 1 is 1.00 bits per heavy atom. The summed E-state index contributed by atoms with van der Waals surface area (Å²) in [7, 11) is 6.16. The maximum absolute atomic E-state index is 12.5. The Morgan fingerprint density at radius 3 is 2.23 bits per heavy atom. The molecule has 1 atom stereocenters. The number of carbonyl (C=O) groups excluding carboxylic acids is 1. The molecule has 2 aromatic carbocycles. The molecule has 6 nitrogen and oxygen atoms in total. The summed E-state index contributed by atoms with van der Waals surface area (Å²) >= 11 is 0. The van der Waals surface area contributed by atoms with Crippen LogP contribution in [0.1, 0.15) is 22.7 Å². The lowest BCUT2D eigenvalue weighted by Crippen LogP contribution is -2.40. The SMILES string of the molecule is COC(=O)N1CCc2ccccc2C1c1c(OC)cc(OC)cc1OC. The van der Waals surface area contributed by atoms with E-state index in [0.717, 1.165) is 17.5 Å². The first-order valence-electron chi connectivity index (χ1n) is 8.36. The normalized spacial score (nSPS) is 15.8. The van der Waals surface area contributed by atoms with Crippen LogP contribution in [0.25, 0.3) is 0 Å². The second kappa shape index (κ2) is 7.56. The average molecular weight is 357 g/mol. The smallest absolute Gasteiger partial charge is 0.410 e. The van der Waals surface area contributed by atoms with Crippen LogP contribution in [0.2, 0.25) is 0 Å². The van der Waals surface area contributed by atoms with Gasteiger partial charge in [-0.2, -0.15) is 0 Å². The highest BCUT2D eigenvalue weighted by molar-refractivity contribution is 5.71. The molecule has 0 fully saturated rings. The summed E-state index contributed by atoms with van der Waals surface area (Å²) < 4.78 is 21.6. The van der Waals surface area contributed by atoms with E-state index in [2.05, 4.69) is 6.07 Å². The maximum atomic E-state index is 12.5. The number of rotatable bonds is 4. The van der Waals surface area contributed by atoms with Gasteiger partial charge in [-0.15, -0.1) is 0 Å². The van der Waals surface area contributed by atoms with Gasteiger partial charge >= 0.3 is 6.09 Å². The van der Waals surface area contributed by atoms with E-state index in [1.54, 1.807) is 38.4 Å². The fourth-order valence-corrected chi connectivity index (χ4v) is 3.49. The van der Waals surface area contributed by atoms with E-state index in [1.165, 1.54) is 12.7 Å². The third-order valence-corrected chi connectivity index (χ3v) is 4.72. The molecule has 0 saturated heterocycles. The number of methoxy groups -OCH3 is 4. The molecule has 1 heterocycles. The Hall–Kier alpha value is -2.89. The van der Waals surface area contributed by atoms with Gasteiger partial charge in [-0.1, -0.05) is 24.3 Å². The molecule has 3 rings (SSSR count). The monoisotopic (exact) mass is 357 g/mol. The van der Waals surface area contributed by atoms with Crippen LogP contribution in [0.4, 0.5) is 4.79 Å². The molecule has 1 aliphatic heterocycles. The second-order valence-corrected chi connectivity index (χ2v) is 5.96. The van der Waals surface area contributed by atoms with Crippen molar-refractivity contribution in [2.45, 2.75) is 12.5 Å². The first kappa shape index (κ1) is 17.9. The molecule has 0 bridgehead atoms. The van der Waals surface area contributed by atoms with Gasteiger partial charge in [-0.25, -0.2) is 4.79 Å². The average Bonchev–Trinajstić information content (AvgIpc) is 2.71. The standard InChI is InChI=1S/C20H23NO5/c1-23-14-11-16(24-2)18(17(12-14)25-3)19-15-8-6-5-7-13(15)9-10-21(19)20(22)26-4/h5-8,11-12,19H,9-10H2,1-4H3. The van der Waals surface area contributed by atoms with Crippen LogP contribution in [0, 0.1) is 0 Å². The van der Waals surface area contributed by atoms with E-state index in [0.29, 0.717) is 23.8 Å². The molecule has 6 heteroatoms. The van der Waals surface area contributed by atoms with Crippen molar-refractivity contribution in [2.24, 2.45) is 0 Å². The summed E-state index contributed by atoms with van der Waals surface area (Å²) in [6.07, 6.45) is 0.382. The summed E-state index contributed by atoms with van der Waals surface area (Å²) in [4.78, 5) is 14.2. The van der Waals surface area contributed by atoms with Gasteiger partial charge in [0.1, 0.15) is 17.2 Å². The number of hydrogen-bond acceptors (Lipinski definition) is 5. The third-order valence-electron chi connectivity index (χ3n) is 4.72. The van der Waals surface area contributed by atoms with E-state index >= 15 is 0 Å². The molecular formula is C20H23NO5.